The number of rotatable bonds is 4. The average molecular weight is 268 g/mol. The Kier molecular flexibility index (Phi) is 4.51. The van der Waals surface area contributed by atoms with E-state index in [4.69, 9.17) is 4.74 Å². The largest absolute Gasteiger partial charge is 0.381 e. The smallest absolute Gasteiger partial charge is 0.244 e. The van der Waals surface area contributed by atoms with E-state index in [1.807, 2.05) is 6.92 Å². The number of amides is 1. The third-order valence-corrected chi connectivity index (χ3v) is 5.01. The zero-order valence-corrected chi connectivity index (χ0v) is 12.7. The molecule has 0 aromatic rings. The molecule has 19 heavy (non-hydrogen) atoms. The van der Waals surface area contributed by atoms with Gasteiger partial charge in [0.15, 0.2) is 0 Å². The van der Waals surface area contributed by atoms with E-state index in [2.05, 4.69) is 31.0 Å². The van der Waals surface area contributed by atoms with Crippen LogP contribution in [-0.4, -0.2) is 41.8 Å². The van der Waals surface area contributed by atoms with E-state index < -0.39 is 0 Å². The highest BCUT2D eigenvalue weighted by atomic mass is 16.5. The van der Waals surface area contributed by atoms with Crippen LogP contribution in [0, 0.1) is 5.92 Å². The number of hydrogen-bond donors (Lipinski definition) is 1. The second-order valence-electron chi connectivity index (χ2n) is 6.16. The molecule has 3 unspecified atom stereocenters. The zero-order chi connectivity index (χ0) is 14.0. The van der Waals surface area contributed by atoms with Crippen LogP contribution in [0.5, 0.6) is 0 Å². The quantitative estimate of drug-likeness (QED) is 0.849. The van der Waals surface area contributed by atoms with Gasteiger partial charge in [0.1, 0.15) is 0 Å². The van der Waals surface area contributed by atoms with Crippen molar-refractivity contribution >= 4 is 5.91 Å². The fourth-order valence-corrected chi connectivity index (χ4v) is 3.37. The molecule has 0 saturated carbocycles. The van der Waals surface area contributed by atoms with Gasteiger partial charge in [-0.05, 0) is 45.4 Å². The summed E-state index contributed by atoms with van der Waals surface area (Å²) in [6, 6.07) is 0.308. The van der Waals surface area contributed by atoms with Gasteiger partial charge in [0.25, 0.3) is 0 Å². The molecular formula is C15H28N2O2. The highest BCUT2D eigenvalue weighted by Crippen LogP contribution is 2.31. The molecule has 0 aliphatic carbocycles. The Balaban J connectivity index is 2.14. The van der Waals surface area contributed by atoms with Gasteiger partial charge in [-0.15, -0.1) is 0 Å². The molecule has 1 N–H and O–H groups in total. The van der Waals surface area contributed by atoms with Gasteiger partial charge in [-0.3, -0.25) is 10.1 Å². The summed E-state index contributed by atoms with van der Waals surface area (Å²) in [6.45, 7) is 10.2. The van der Waals surface area contributed by atoms with Crippen LogP contribution < -0.4 is 5.32 Å². The standard InChI is InChI=1S/C15H28N2O2/c1-5-13-16-15(4,6-2)14(18)17(13)11(3)12-7-9-19-10-8-12/h11-13,16H,5-10H2,1-4H3. The van der Waals surface area contributed by atoms with Gasteiger partial charge in [-0.1, -0.05) is 13.8 Å². The minimum absolute atomic E-state index is 0.190. The van der Waals surface area contributed by atoms with Crippen LogP contribution in [-0.2, 0) is 9.53 Å². The maximum Gasteiger partial charge on any atom is 0.244 e. The predicted octanol–water partition coefficient (Wildman–Crippen LogP) is 2.14. The maximum atomic E-state index is 12.7. The highest BCUT2D eigenvalue weighted by Gasteiger charge is 2.48. The van der Waals surface area contributed by atoms with Crippen molar-refractivity contribution in [2.24, 2.45) is 5.92 Å². The summed E-state index contributed by atoms with van der Waals surface area (Å²) >= 11 is 0. The Morgan fingerprint density at radius 3 is 2.58 bits per heavy atom. The van der Waals surface area contributed by atoms with E-state index in [-0.39, 0.29) is 17.6 Å². The maximum absolute atomic E-state index is 12.7. The molecule has 4 heteroatoms. The zero-order valence-electron chi connectivity index (χ0n) is 12.7. The van der Waals surface area contributed by atoms with E-state index in [1.54, 1.807) is 0 Å². The first kappa shape index (κ1) is 14.8. The molecule has 2 saturated heterocycles. The van der Waals surface area contributed by atoms with Gasteiger partial charge in [0.05, 0.1) is 11.7 Å². The monoisotopic (exact) mass is 268 g/mol. The molecule has 1 amide bonds. The van der Waals surface area contributed by atoms with Gasteiger partial charge < -0.3 is 9.64 Å². The van der Waals surface area contributed by atoms with E-state index in [0.29, 0.717) is 12.0 Å². The van der Waals surface area contributed by atoms with Crippen molar-refractivity contribution < 1.29 is 9.53 Å². The van der Waals surface area contributed by atoms with Gasteiger partial charge in [-0.25, -0.2) is 0 Å². The second-order valence-corrected chi connectivity index (χ2v) is 6.16. The number of nitrogens with zero attached hydrogens (tertiary/aromatic N) is 1. The SMILES string of the molecule is CCC1NC(C)(CC)C(=O)N1C(C)C1CCOCC1. The van der Waals surface area contributed by atoms with E-state index in [1.165, 1.54) is 0 Å². The molecule has 0 aromatic carbocycles. The van der Waals surface area contributed by atoms with Crippen LogP contribution >= 0.6 is 0 Å². The lowest BCUT2D eigenvalue weighted by Gasteiger charge is -2.37. The number of ether oxygens (including phenoxy) is 1. The van der Waals surface area contributed by atoms with Crippen LogP contribution in [0.2, 0.25) is 0 Å². The fraction of sp³-hybridized carbons (Fsp3) is 0.933. The average Bonchev–Trinajstić information content (AvgIpc) is 2.71. The van der Waals surface area contributed by atoms with Crippen molar-refractivity contribution in [3.05, 3.63) is 0 Å². The first-order valence-electron chi connectivity index (χ1n) is 7.71. The van der Waals surface area contributed by atoms with Crippen molar-refractivity contribution in [3.63, 3.8) is 0 Å². The van der Waals surface area contributed by atoms with Gasteiger partial charge in [-0.2, -0.15) is 0 Å². The normalized spacial score (nSPS) is 34.8. The van der Waals surface area contributed by atoms with Crippen molar-refractivity contribution in [3.8, 4) is 0 Å². The molecule has 0 spiro atoms. The molecule has 2 rings (SSSR count). The minimum Gasteiger partial charge on any atom is -0.381 e. The molecule has 2 fully saturated rings. The molecule has 110 valence electrons. The van der Waals surface area contributed by atoms with Gasteiger partial charge in [0, 0.05) is 19.3 Å². The summed E-state index contributed by atoms with van der Waals surface area (Å²) < 4.78 is 5.44. The molecule has 0 aromatic heterocycles. The Labute approximate surface area is 116 Å². The van der Waals surface area contributed by atoms with E-state index >= 15 is 0 Å². The van der Waals surface area contributed by atoms with Crippen molar-refractivity contribution in [2.45, 2.75) is 71.1 Å². The van der Waals surface area contributed by atoms with Crippen molar-refractivity contribution in [1.29, 1.82) is 0 Å². The lowest BCUT2D eigenvalue weighted by Crippen LogP contribution is -2.48. The fourth-order valence-electron chi connectivity index (χ4n) is 3.37. The number of nitrogens with one attached hydrogen (secondary N) is 1. The summed E-state index contributed by atoms with van der Waals surface area (Å²) in [5.74, 6) is 0.855. The predicted molar refractivity (Wildman–Crippen MR) is 75.8 cm³/mol. The Bertz CT molecular complexity index is 328. The molecule has 2 heterocycles. The summed E-state index contributed by atoms with van der Waals surface area (Å²) in [5.41, 5.74) is -0.375. The molecule has 2 aliphatic heterocycles. The first-order chi connectivity index (χ1) is 9.03. The van der Waals surface area contributed by atoms with Crippen LogP contribution in [0.25, 0.3) is 0 Å². The van der Waals surface area contributed by atoms with Crippen LogP contribution in [0.15, 0.2) is 0 Å². The summed E-state index contributed by atoms with van der Waals surface area (Å²) in [6.07, 6.45) is 4.15. The number of hydrogen-bond acceptors (Lipinski definition) is 3. The molecule has 0 bridgehead atoms. The van der Waals surface area contributed by atoms with E-state index in [9.17, 15) is 4.79 Å². The molecule has 0 radical (unpaired) electrons. The van der Waals surface area contributed by atoms with Gasteiger partial charge >= 0.3 is 0 Å². The molecule has 4 nitrogen and oxygen atoms in total. The Morgan fingerprint density at radius 2 is 2.05 bits per heavy atom. The summed E-state index contributed by atoms with van der Waals surface area (Å²) in [5, 5.41) is 3.53. The van der Waals surface area contributed by atoms with Crippen LogP contribution in [0.4, 0.5) is 0 Å². The lowest BCUT2D eigenvalue weighted by atomic mass is 9.90. The topological polar surface area (TPSA) is 41.6 Å². The Morgan fingerprint density at radius 1 is 1.42 bits per heavy atom. The third-order valence-electron chi connectivity index (χ3n) is 5.01. The first-order valence-corrected chi connectivity index (χ1v) is 7.71. The van der Waals surface area contributed by atoms with Crippen molar-refractivity contribution in [1.82, 2.24) is 10.2 Å². The number of carbonyl (C=O) groups is 1. The molecular weight excluding hydrogens is 240 g/mol. The number of carbonyl (C=O) groups excluding carboxylic acids is 1. The van der Waals surface area contributed by atoms with E-state index in [0.717, 1.165) is 38.9 Å². The third kappa shape index (κ3) is 2.65. The molecule has 3 atom stereocenters. The van der Waals surface area contributed by atoms with Gasteiger partial charge in [0.2, 0.25) is 5.91 Å². The molecule has 2 aliphatic rings. The minimum atomic E-state index is -0.375. The second kappa shape index (κ2) is 5.80. The lowest BCUT2D eigenvalue weighted by molar-refractivity contribution is -0.136. The van der Waals surface area contributed by atoms with Crippen LogP contribution in [0.3, 0.4) is 0 Å². The summed E-state index contributed by atoms with van der Waals surface area (Å²) in [4.78, 5) is 14.9. The van der Waals surface area contributed by atoms with Crippen LogP contribution in [0.1, 0.15) is 53.4 Å². The Hall–Kier alpha value is -0.610. The highest BCUT2D eigenvalue weighted by molar-refractivity contribution is 5.88. The van der Waals surface area contributed by atoms with Crippen molar-refractivity contribution in [2.75, 3.05) is 13.2 Å². The summed E-state index contributed by atoms with van der Waals surface area (Å²) in [7, 11) is 0.